The normalized spacial score (nSPS) is 12.7. The zero-order chi connectivity index (χ0) is 21.3. The predicted octanol–water partition coefficient (Wildman–Crippen LogP) is -1.27. The highest BCUT2D eigenvalue weighted by Gasteiger charge is 2.20. The minimum atomic E-state index is -1.20. The van der Waals surface area contributed by atoms with Gasteiger partial charge in [-0.3, -0.25) is 24.0 Å². The molecule has 29 heavy (non-hydrogen) atoms. The highest BCUT2D eigenvalue weighted by Crippen LogP contribution is 2.17. The second kappa shape index (κ2) is 7.69. The van der Waals surface area contributed by atoms with Gasteiger partial charge in [0.2, 0.25) is 5.95 Å². The number of aliphatic hydroxyl groups excluding tert-OH is 2. The standard InChI is InChI=1S/C15H17N7O7/c1-19-12-11(13(25)20(2)15(19)26)21(6-8(24)7-23)14(17-12)18-16-5-9-3-4-10(29-9)22(27)28/h3-5,8,23-24H,6-7H2,1-2H3,(H,17,18)/b16-5+. The minimum absolute atomic E-state index is 0.00288. The molecular formula is C15H17N7O7. The lowest BCUT2D eigenvalue weighted by molar-refractivity contribution is -0.402. The number of imidazole rings is 1. The molecule has 14 heteroatoms. The summed E-state index contributed by atoms with van der Waals surface area (Å²) in [5.74, 6) is -0.364. The first-order chi connectivity index (χ1) is 13.7. The first-order valence-corrected chi connectivity index (χ1v) is 8.23. The summed E-state index contributed by atoms with van der Waals surface area (Å²) >= 11 is 0. The fourth-order valence-electron chi connectivity index (χ4n) is 2.64. The molecule has 0 aliphatic carbocycles. The summed E-state index contributed by atoms with van der Waals surface area (Å²) in [5, 5.41) is 33.5. The van der Waals surface area contributed by atoms with Crippen molar-refractivity contribution in [1.29, 1.82) is 0 Å². The number of nitrogens with one attached hydrogen (secondary N) is 1. The van der Waals surface area contributed by atoms with E-state index in [1.54, 1.807) is 0 Å². The van der Waals surface area contributed by atoms with Crippen molar-refractivity contribution in [3.05, 3.63) is 48.8 Å². The van der Waals surface area contributed by atoms with Crippen LogP contribution in [0, 0.1) is 10.1 Å². The molecular weight excluding hydrogens is 390 g/mol. The molecule has 3 N–H and O–H groups in total. The summed E-state index contributed by atoms with van der Waals surface area (Å²) in [7, 11) is 2.73. The Hall–Kier alpha value is -3.78. The number of furan rings is 1. The zero-order valence-corrected chi connectivity index (χ0v) is 15.3. The lowest BCUT2D eigenvalue weighted by Crippen LogP contribution is -2.38. The van der Waals surface area contributed by atoms with E-state index in [1.165, 1.54) is 24.7 Å². The summed E-state index contributed by atoms with van der Waals surface area (Å²) < 4.78 is 8.26. The molecule has 14 nitrogen and oxygen atoms in total. The Labute approximate surface area is 161 Å². The zero-order valence-electron chi connectivity index (χ0n) is 15.3. The van der Waals surface area contributed by atoms with Gasteiger partial charge in [0, 0.05) is 14.1 Å². The smallest absolute Gasteiger partial charge is 0.400 e. The molecule has 0 spiro atoms. The molecule has 154 valence electrons. The maximum absolute atomic E-state index is 12.6. The number of anilines is 1. The number of fused-ring (bicyclic) bond motifs is 1. The lowest BCUT2D eigenvalue weighted by Gasteiger charge is -2.12. The van der Waals surface area contributed by atoms with Gasteiger partial charge in [-0.25, -0.2) is 10.2 Å². The summed E-state index contributed by atoms with van der Waals surface area (Å²) in [6.07, 6.45) is -0.0531. The maximum Gasteiger partial charge on any atom is 0.433 e. The van der Waals surface area contributed by atoms with Crippen molar-refractivity contribution in [3.8, 4) is 0 Å². The summed E-state index contributed by atoms with van der Waals surface area (Å²) in [4.78, 5) is 38.8. The summed E-state index contributed by atoms with van der Waals surface area (Å²) in [6, 6.07) is 2.49. The number of aliphatic hydroxyl groups is 2. The molecule has 3 heterocycles. The van der Waals surface area contributed by atoms with Gasteiger partial charge >= 0.3 is 11.6 Å². The fourth-order valence-corrected chi connectivity index (χ4v) is 2.64. The van der Waals surface area contributed by atoms with E-state index < -0.39 is 34.8 Å². The Balaban J connectivity index is 2.04. The molecule has 3 aromatic heterocycles. The first-order valence-electron chi connectivity index (χ1n) is 8.23. The Morgan fingerprint density at radius 2 is 2.10 bits per heavy atom. The number of aryl methyl sites for hydroxylation is 1. The van der Waals surface area contributed by atoms with E-state index in [0.29, 0.717) is 0 Å². The maximum atomic E-state index is 12.6. The van der Waals surface area contributed by atoms with Crippen LogP contribution in [0.3, 0.4) is 0 Å². The average molecular weight is 407 g/mol. The molecule has 3 aromatic rings. The van der Waals surface area contributed by atoms with Crippen molar-refractivity contribution in [1.82, 2.24) is 18.7 Å². The summed E-state index contributed by atoms with van der Waals surface area (Å²) in [5.41, 5.74) is 1.39. The molecule has 0 aliphatic heterocycles. The SMILES string of the molecule is Cn1c(=O)c2c(nc(N/N=C/c3ccc([N+](=O)[O-])o3)n2CC(O)CO)n(C)c1=O. The van der Waals surface area contributed by atoms with Crippen molar-refractivity contribution in [2.45, 2.75) is 12.6 Å². The number of aromatic nitrogens is 4. The molecule has 0 aromatic carbocycles. The van der Waals surface area contributed by atoms with E-state index in [4.69, 9.17) is 9.52 Å². The number of nitro groups is 1. The van der Waals surface area contributed by atoms with Gasteiger partial charge in [0.15, 0.2) is 16.9 Å². The molecule has 0 radical (unpaired) electrons. The number of nitrogens with zero attached hydrogens (tertiary/aromatic N) is 6. The Kier molecular flexibility index (Phi) is 5.29. The topological polar surface area (TPSA) is 183 Å². The number of rotatable bonds is 7. The Morgan fingerprint density at radius 1 is 1.38 bits per heavy atom. The van der Waals surface area contributed by atoms with E-state index in [2.05, 4.69) is 15.5 Å². The fraction of sp³-hybridized carbons (Fsp3) is 0.333. The molecule has 1 unspecified atom stereocenters. The Morgan fingerprint density at radius 3 is 2.72 bits per heavy atom. The third-order valence-electron chi connectivity index (χ3n) is 4.10. The van der Waals surface area contributed by atoms with Crippen LogP contribution in [0.15, 0.2) is 31.2 Å². The number of hydrogen-bond donors (Lipinski definition) is 3. The van der Waals surface area contributed by atoms with Crippen molar-refractivity contribution in [2.24, 2.45) is 19.2 Å². The van der Waals surface area contributed by atoms with Crippen LogP contribution in [0.1, 0.15) is 5.76 Å². The molecule has 0 aliphatic rings. The van der Waals surface area contributed by atoms with Gasteiger partial charge in [-0.1, -0.05) is 0 Å². The van der Waals surface area contributed by atoms with E-state index in [1.807, 2.05) is 0 Å². The van der Waals surface area contributed by atoms with Gasteiger partial charge < -0.3 is 19.2 Å². The van der Waals surface area contributed by atoms with E-state index in [-0.39, 0.29) is 29.4 Å². The van der Waals surface area contributed by atoms with Gasteiger partial charge in [0.25, 0.3) is 5.56 Å². The van der Waals surface area contributed by atoms with Crippen molar-refractivity contribution in [2.75, 3.05) is 12.0 Å². The van der Waals surface area contributed by atoms with Crippen LogP contribution in [0.2, 0.25) is 0 Å². The van der Waals surface area contributed by atoms with Crippen LogP contribution < -0.4 is 16.7 Å². The highest BCUT2D eigenvalue weighted by molar-refractivity contribution is 5.78. The monoisotopic (exact) mass is 407 g/mol. The number of hydrazone groups is 1. The van der Waals surface area contributed by atoms with Crippen LogP contribution in [0.25, 0.3) is 11.2 Å². The molecule has 0 fully saturated rings. The van der Waals surface area contributed by atoms with Crippen LogP contribution in [-0.2, 0) is 20.6 Å². The van der Waals surface area contributed by atoms with Gasteiger partial charge in [-0.2, -0.15) is 10.1 Å². The van der Waals surface area contributed by atoms with E-state index in [0.717, 1.165) is 21.4 Å². The van der Waals surface area contributed by atoms with Gasteiger partial charge in [-0.05, 0) is 6.07 Å². The molecule has 3 rings (SSSR count). The van der Waals surface area contributed by atoms with Gasteiger partial charge in [0.1, 0.15) is 4.92 Å². The van der Waals surface area contributed by atoms with Crippen molar-refractivity contribution >= 4 is 29.2 Å². The highest BCUT2D eigenvalue weighted by atomic mass is 16.6. The van der Waals surface area contributed by atoms with Crippen LogP contribution in [-0.4, -0.2) is 52.7 Å². The molecule has 0 amide bonds. The quantitative estimate of drug-likeness (QED) is 0.244. The number of hydrogen-bond acceptors (Lipinski definition) is 10. The average Bonchev–Trinajstić information content (AvgIpc) is 3.30. The lowest BCUT2D eigenvalue weighted by atomic mass is 10.3. The molecule has 0 saturated heterocycles. The van der Waals surface area contributed by atoms with Gasteiger partial charge in [-0.15, -0.1) is 0 Å². The second-order valence-electron chi connectivity index (χ2n) is 6.06. The van der Waals surface area contributed by atoms with Crippen molar-refractivity contribution in [3.63, 3.8) is 0 Å². The minimum Gasteiger partial charge on any atom is -0.400 e. The van der Waals surface area contributed by atoms with Crippen molar-refractivity contribution < 1.29 is 19.6 Å². The second-order valence-corrected chi connectivity index (χ2v) is 6.06. The van der Waals surface area contributed by atoms with Crippen LogP contribution >= 0.6 is 0 Å². The third kappa shape index (κ3) is 3.65. The van der Waals surface area contributed by atoms with Gasteiger partial charge in [0.05, 0.1) is 31.5 Å². The van der Waals surface area contributed by atoms with E-state index >= 15 is 0 Å². The third-order valence-corrected chi connectivity index (χ3v) is 4.10. The molecule has 0 saturated carbocycles. The predicted molar refractivity (Wildman–Crippen MR) is 99.9 cm³/mol. The molecule has 1 atom stereocenters. The largest absolute Gasteiger partial charge is 0.433 e. The first kappa shape index (κ1) is 20.0. The Bertz CT molecular complexity index is 1220. The van der Waals surface area contributed by atoms with Crippen LogP contribution in [0.5, 0.6) is 0 Å². The molecule has 0 bridgehead atoms. The van der Waals surface area contributed by atoms with E-state index in [9.17, 15) is 24.8 Å². The van der Waals surface area contributed by atoms with Crippen LogP contribution in [0.4, 0.5) is 11.8 Å². The summed E-state index contributed by atoms with van der Waals surface area (Å²) in [6.45, 7) is -0.769.